The summed E-state index contributed by atoms with van der Waals surface area (Å²) in [7, 11) is 5.96. The zero-order valence-electron chi connectivity index (χ0n) is 66.9. The third kappa shape index (κ3) is 82.4. The molecule has 0 aromatic carbocycles. The number of unbranched alkanes of at least 4 members (excludes halogenated alkanes) is 60. The quantitative estimate of drug-likeness (QED) is 0.0195. The van der Waals surface area contributed by atoms with Crippen molar-refractivity contribution in [2.45, 2.75) is 463 Å². The number of carbonyl (C=O) groups excluding carboxylic acids is 3. The number of allylic oxidation sites excluding steroid dienone is 8. The molecule has 0 saturated carbocycles. The summed E-state index contributed by atoms with van der Waals surface area (Å²) in [5, 5.41) is 11.9. The molecule has 0 aromatic rings. The van der Waals surface area contributed by atoms with Crippen LogP contribution < -0.4 is 5.11 Å². The van der Waals surface area contributed by atoms with Gasteiger partial charge < -0.3 is 33.3 Å². The number of carboxylic acids is 1. The Balaban J connectivity index is 3.92. The zero-order valence-corrected chi connectivity index (χ0v) is 66.9. The smallest absolute Gasteiger partial charge is 0.306 e. The van der Waals surface area contributed by atoms with Crippen LogP contribution in [-0.4, -0.2) is 82.3 Å². The van der Waals surface area contributed by atoms with Crippen LogP contribution in [0.25, 0.3) is 0 Å². The number of ether oxygens (including phenoxy) is 4. The maximum atomic E-state index is 13.0. The highest BCUT2D eigenvalue weighted by molar-refractivity contribution is 5.70. The summed E-state index contributed by atoms with van der Waals surface area (Å²) in [6.07, 6.45) is 104. The Hall–Kier alpha value is -2.75. The maximum absolute atomic E-state index is 13.0. The summed E-state index contributed by atoms with van der Waals surface area (Å²) in [4.78, 5) is 37.7. The molecular formula is C90H169NO8. The fourth-order valence-corrected chi connectivity index (χ4v) is 13.4. The van der Waals surface area contributed by atoms with Crippen molar-refractivity contribution in [1.29, 1.82) is 0 Å². The summed E-state index contributed by atoms with van der Waals surface area (Å²) < 4.78 is 22.9. The van der Waals surface area contributed by atoms with Gasteiger partial charge in [-0.15, -0.1) is 0 Å². The monoisotopic (exact) mass is 1390 g/mol. The minimum atomic E-state index is -1.62. The summed E-state index contributed by atoms with van der Waals surface area (Å²) in [6.45, 7) is 4.82. The number of carbonyl (C=O) groups is 3. The van der Waals surface area contributed by atoms with Gasteiger partial charge in [0.05, 0.1) is 40.3 Å². The van der Waals surface area contributed by atoms with Gasteiger partial charge in [-0.05, 0) is 77.0 Å². The third-order valence-corrected chi connectivity index (χ3v) is 20.0. The minimum Gasteiger partial charge on any atom is -0.545 e. The van der Waals surface area contributed by atoms with Crippen LogP contribution >= 0.6 is 0 Å². The van der Waals surface area contributed by atoms with Crippen LogP contribution in [0.15, 0.2) is 48.6 Å². The van der Waals surface area contributed by atoms with Crippen LogP contribution in [0.3, 0.4) is 0 Å². The molecule has 0 aliphatic rings. The average Bonchev–Trinajstić information content (AvgIpc) is 2.19. The fraction of sp³-hybridized carbons (Fsp3) is 0.878. The number of aliphatic carboxylic acids is 1. The van der Waals surface area contributed by atoms with E-state index in [4.69, 9.17) is 18.9 Å². The first-order valence-corrected chi connectivity index (χ1v) is 43.8. The molecule has 9 heteroatoms. The van der Waals surface area contributed by atoms with Crippen molar-refractivity contribution < 1.29 is 42.9 Å². The Morgan fingerprint density at radius 3 is 0.818 bits per heavy atom. The molecule has 0 heterocycles. The van der Waals surface area contributed by atoms with E-state index < -0.39 is 24.3 Å². The van der Waals surface area contributed by atoms with Crippen LogP contribution in [0.5, 0.6) is 0 Å². The van der Waals surface area contributed by atoms with Gasteiger partial charge in [-0.1, -0.05) is 409 Å². The Labute approximate surface area is 616 Å². The average molecular weight is 1390 g/mol. The minimum absolute atomic E-state index is 0.151. The van der Waals surface area contributed by atoms with Crippen LogP contribution in [0, 0.1) is 0 Å². The molecule has 0 aromatic heterocycles. The summed E-state index contributed by atoms with van der Waals surface area (Å²) >= 11 is 0. The number of quaternary nitrogens is 1. The second-order valence-corrected chi connectivity index (χ2v) is 31.2. The Morgan fingerprint density at radius 1 is 0.303 bits per heavy atom. The normalized spacial score (nSPS) is 12.8. The van der Waals surface area contributed by atoms with E-state index >= 15 is 0 Å². The van der Waals surface area contributed by atoms with E-state index in [0.29, 0.717) is 17.4 Å². The van der Waals surface area contributed by atoms with Crippen molar-refractivity contribution in [3.63, 3.8) is 0 Å². The second kappa shape index (κ2) is 80.9. The van der Waals surface area contributed by atoms with Crippen LogP contribution in [-0.2, 0) is 33.3 Å². The zero-order chi connectivity index (χ0) is 71.8. The van der Waals surface area contributed by atoms with Gasteiger partial charge in [-0.2, -0.15) is 0 Å². The highest BCUT2D eigenvalue weighted by atomic mass is 16.7. The molecule has 0 bridgehead atoms. The van der Waals surface area contributed by atoms with Crippen LogP contribution in [0.2, 0.25) is 0 Å². The molecule has 2 atom stereocenters. The first kappa shape index (κ1) is 96.2. The molecule has 0 aliphatic carbocycles. The molecule has 0 fully saturated rings. The molecule has 0 amide bonds. The van der Waals surface area contributed by atoms with E-state index in [9.17, 15) is 19.5 Å². The SMILES string of the molecule is CCCCCCC/C=C\C/C=C\C/C=C\CCCCCCCCCCCCCCCCCCCCCCCCC(=O)OC(COC(=O)CCCCCCCCCCCCCCCCCCCCCCCCCCC/C=C\CCCCCCCCCC)COC(OCC[N+](C)(C)C)C(=O)[O-]. The van der Waals surface area contributed by atoms with Gasteiger partial charge in [0.2, 0.25) is 0 Å². The number of esters is 2. The summed E-state index contributed by atoms with van der Waals surface area (Å²) in [6, 6.07) is 0. The van der Waals surface area contributed by atoms with Crippen LogP contribution in [0.4, 0.5) is 0 Å². The highest BCUT2D eigenvalue weighted by Crippen LogP contribution is 2.20. The summed E-state index contributed by atoms with van der Waals surface area (Å²) in [5.41, 5.74) is 0. The number of nitrogens with zero attached hydrogens (tertiary/aromatic N) is 1. The van der Waals surface area contributed by atoms with Crippen molar-refractivity contribution in [3.8, 4) is 0 Å². The van der Waals surface area contributed by atoms with E-state index in [-0.39, 0.29) is 32.2 Å². The molecule has 9 nitrogen and oxygen atoms in total. The van der Waals surface area contributed by atoms with E-state index in [1.807, 2.05) is 21.1 Å². The molecule has 0 saturated heterocycles. The van der Waals surface area contributed by atoms with E-state index in [1.54, 1.807) is 0 Å². The molecule has 0 rings (SSSR count). The second-order valence-electron chi connectivity index (χ2n) is 31.2. The van der Waals surface area contributed by atoms with E-state index in [1.165, 1.54) is 372 Å². The molecule has 0 N–H and O–H groups in total. The lowest BCUT2D eigenvalue weighted by Gasteiger charge is -2.26. The van der Waals surface area contributed by atoms with Crippen molar-refractivity contribution in [1.82, 2.24) is 0 Å². The van der Waals surface area contributed by atoms with Crippen molar-refractivity contribution in [2.75, 3.05) is 47.5 Å². The Morgan fingerprint density at radius 2 is 0.545 bits per heavy atom. The van der Waals surface area contributed by atoms with Gasteiger partial charge in [0.1, 0.15) is 13.2 Å². The molecule has 0 radical (unpaired) electrons. The number of likely N-dealkylation sites (N-methyl/N-ethyl adjacent to an activating group) is 1. The molecule has 582 valence electrons. The predicted octanol–water partition coefficient (Wildman–Crippen LogP) is 27.0. The van der Waals surface area contributed by atoms with Crippen LogP contribution in [0.1, 0.15) is 450 Å². The van der Waals surface area contributed by atoms with Crippen molar-refractivity contribution in [2.24, 2.45) is 0 Å². The largest absolute Gasteiger partial charge is 0.545 e. The standard InChI is InChI=1S/C90H169NO8/c1-6-8-10-12-14-16-18-20-22-24-26-28-30-32-34-36-38-40-42-44-46-48-50-52-54-56-58-60-62-64-66-68-70-72-74-76-78-80-87(92)97-84-86(85-98-90(89(94)95)96-83-82-91(3,4)5)99-88(93)81-79-77-75-73-71-69-67-65-63-61-59-57-55-53-51-49-47-45-43-41-39-37-35-33-31-29-27-25-23-21-19-17-15-13-11-9-7-2/h19,21,24-27,31,33,86,90H,6-18,20,22-23,28-30,32,34-85H2,1-5H3/b21-19-,26-24-,27-25-,33-31-. The lowest BCUT2D eigenvalue weighted by molar-refractivity contribution is -0.870. The lowest BCUT2D eigenvalue weighted by atomic mass is 10.0. The first-order chi connectivity index (χ1) is 48.6. The Kier molecular flexibility index (Phi) is 78.7. The lowest BCUT2D eigenvalue weighted by Crippen LogP contribution is -2.44. The molecular weight excluding hydrogens is 1220 g/mol. The van der Waals surface area contributed by atoms with Crippen molar-refractivity contribution >= 4 is 17.9 Å². The maximum Gasteiger partial charge on any atom is 0.306 e. The van der Waals surface area contributed by atoms with E-state index in [0.717, 1.165) is 51.4 Å². The first-order valence-electron chi connectivity index (χ1n) is 43.8. The third-order valence-electron chi connectivity index (χ3n) is 20.0. The molecule has 99 heavy (non-hydrogen) atoms. The van der Waals surface area contributed by atoms with Gasteiger partial charge in [0, 0.05) is 12.8 Å². The topological polar surface area (TPSA) is 111 Å². The van der Waals surface area contributed by atoms with E-state index in [2.05, 4.69) is 62.5 Å². The van der Waals surface area contributed by atoms with Gasteiger partial charge in [0.25, 0.3) is 0 Å². The van der Waals surface area contributed by atoms with Gasteiger partial charge in [0.15, 0.2) is 12.4 Å². The number of hydrogen-bond acceptors (Lipinski definition) is 8. The summed E-state index contributed by atoms with van der Waals surface area (Å²) in [5.74, 6) is -2.25. The van der Waals surface area contributed by atoms with Crippen molar-refractivity contribution in [3.05, 3.63) is 48.6 Å². The highest BCUT2D eigenvalue weighted by Gasteiger charge is 2.22. The fourth-order valence-electron chi connectivity index (χ4n) is 13.4. The molecule has 0 aliphatic heterocycles. The number of rotatable bonds is 83. The number of carboxylic acid groups (broad SMARTS) is 1. The molecule has 0 spiro atoms. The van der Waals surface area contributed by atoms with Gasteiger partial charge in [-0.3, -0.25) is 9.59 Å². The Bertz CT molecular complexity index is 1770. The van der Waals surface area contributed by atoms with Gasteiger partial charge >= 0.3 is 11.9 Å². The predicted molar refractivity (Wildman–Crippen MR) is 426 cm³/mol. The number of hydrogen-bond donors (Lipinski definition) is 0. The van der Waals surface area contributed by atoms with Gasteiger partial charge in [-0.25, -0.2) is 0 Å². The molecule has 2 unspecified atom stereocenters.